The number of fused-ring (bicyclic) bond motifs is 1. The predicted octanol–water partition coefficient (Wildman–Crippen LogP) is 5.29. The first kappa shape index (κ1) is 15.1. The van der Waals surface area contributed by atoms with Crippen molar-refractivity contribution >= 4 is 34.2 Å². The van der Waals surface area contributed by atoms with E-state index in [1.54, 1.807) is 6.07 Å². The minimum Gasteiger partial charge on any atom is -0.322 e. The van der Waals surface area contributed by atoms with E-state index in [4.69, 9.17) is 23.2 Å². The maximum Gasteiger partial charge on any atom is 0.144 e. The Hall–Kier alpha value is -0.800. The van der Waals surface area contributed by atoms with Gasteiger partial charge in [0.25, 0.3) is 0 Å². The minimum atomic E-state index is -0.417. The second-order valence-corrected chi connectivity index (χ2v) is 6.90. The van der Waals surface area contributed by atoms with Crippen LogP contribution in [-0.4, -0.2) is 15.4 Å². The molecule has 1 aromatic carbocycles. The molecule has 0 unspecified atom stereocenters. The Morgan fingerprint density at radius 2 is 2.00 bits per heavy atom. The zero-order valence-corrected chi connectivity index (χ0v) is 13.6. The fourth-order valence-electron chi connectivity index (χ4n) is 3.51. The Bertz CT molecular complexity index is 660. The lowest BCUT2D eigenvalue weighted by atomic mass is 9.82. The molecule has 1 aliphatic rings. The van der Waals surface area contributed by atoms with Gasteiger partial charge in [0.1, 0.15) is 11.6 Å². The number of halogens is 3. The second-order valence-electron chi connectivity index (χ2n) is 6.12. The number of benzene rings is 1. The first-order valence-electron chi connectivity index (χ1n) is 7.48. The van der Waals surface area contributed by atoms with Crippen LogP contribution in [0, 0.1) is 5.82 Å². The molecule has 0 spiro atoms. The molecule has 1 aliphatic carbocycles. The zero-order chi connectivity index (χ0) is 15.0. The zero-order valence-electron chi connectivity index (χ0n) is 12.1. The normalized spacial score (nSPS) is 18.3. The van der Waals surface area contributed by atoms with E-state index in [1.165, 1.54) is 25.3 Å². The lowest BCUT2D eigenvalue weighted by Crippen LogP contribution is -2.34. The summed E-state index contributed by atoms with van der Waals surface area (Å²) in [5, 5.41) is 0.153. The molecule has 1 aromatic heterocycles. The highest BCUT2D eigenvalue weighted by Gasteiger charge is 2.32. The van der Waals surface area contributed by atoms with Gasteiger partial charge >= 0.3 is 0 Å². The van der Waals surface area contributed by atoms with Gasteiger partial charge in [-0.15, -0.1) is 11.6 Å². The Labute approximate surface area is 134 Å². The molecule has 0 amide bonds. The Kier molecular flexibility index (Phi) is 4.15. The van der Waals surface area contributed by atoms with Crippen LogP contribution in [0.1, 0.15) is 44.9 Å². The standard InChI is InChI=1S/C16H19Cl2FN2/c1-16(6-3-2-4-7-16)21-14-9-11(18)12(19)10-13(14)20-15(21)5-8-17/h9-10H,2-8H2,1H3. The molecule has 114 valence electrons. The highest BCUT2D eigenvalue weighted by Crippen LogP contribution is 2.39. The van der Waals surface area contributed by atoms with Gasteiger partial charge in [0, 0.05) is 23.9 Å². The topological polar surface area (TPSA) is 17.8 Å². The maximum absolute atomic E-state index is 13.7. The smallest absolute Gasteiger partial charge is 0.144 e. The van der Waals surface area contributed by atoms with Crippen LogP contribution in [0.5, 0.6) is 0 Å². The molecule has 0 atom stereocenters. The van der Waals surface area contributed by atoms with Crippen LogP contribution < -0.4 is 0 Å². The van der Waals surface area contributed by atoms with Crippen molar-refractivity contribution in [2.24, 2.45) is 0 Å². The lowest BCUT2D eigenvalue weighted by Gasteiger charge is -2.37. The quantitative estimate of drug-likeness (QED) is 0.700. The Morgan fingerprint density at radius 1 is 1.29 bits per heavy atom. The van der Waals surface area contributed by atoms with Gasteiger partial charge in [0.15, 0.2) is 0 Å². The van der Waals surface area contributed by atoms with E-state index in [9.17, 15) is 4.39 Å². The fraction of sp³-hybridized carbons (Fsp3) is 0.562. The molecule has 1 saturated carbocycles. The van der Waals surface area contributed by atoms with E-state index in [0.717, 1.165) is 24.2 Å². The molecule has 0 radical (unpaired) electrons. The van der Waals surface area contributed by atoms with Gasteiger partial charge in [-0.25, -0.2) is 9.37 Å². The van der Waals surface area contributed by atoms with E-state index in [2.05, 4.69) is 16.5 Å². The summed E-state index contributed by atoms with van der Waals surface area (Å²) in [4.78, 5) is 4.60. The number of imidazole rings is 1. The number of hydrogen-bond donors (Lipinski definition) is 0. The molecular weight excluding hydrogens is 310 g/mol. The molecule has 2 nitrogen and oxygen atoms in total. The van der Waals surface area contributed by atoms with Crippen LogP contribution in [0.15, 0.2) is 12.1 Å². The number of rotatable bonds is 3. The van der Waals surface area contributed by atoms with Crippen LogP contribution in [0.2, 0.25) is 5.02 Å². The van der Waals surface area contributed by atoms with Gasteiger partial charge in [-0.2, -0.15) is 0 Å². The molecule has 1 heterocycles. The molecule has 21 heavy (non-hydrogen) atoms. The van der Waals surface area contributed by atoms with Crippen molar-refractivity contribution in [3.05, 3.63) is 28.8 Å². The number of alkyl halides is 1. The molecule has 0 saturated heterocycles. The summed E-state index contributed by atoms with van der Waals surface area (Å²) in [6.45, 7) is 2.27. The van der Waals surface area contributed by atoms with Gasteiger partial charge in [-0.05, 0) is 25.8 Å². The van der Waals surface area contributed by atoms with E-state index < -0.39 is 5.82 Å². The predicted molar refractivity (Wildman–Crippen MR) is 85.9 cm³/mol. The van der Waals surface area contributed by atoms with Crippen molar-refractivity contribution in [3.8, 4) is 0 Å². The SMILES string of the molecule is CC1(n2c(CCCl)nc3cc(F)c(Cl)cc32)CCCCC1. The molecule has 3 rings (SSSR count). The van der Waals surface area contributed by atoms with Crippen molar-refractivity contribution in [1.29, 1.82) is 0 Å². The maximum atomic E-state index is 13.7. The number of aromatic nitrogens is 2. The number of hydrogen-bond acceptors (Lipinski definition) is 1. The summed E-state index contributed by atoms with van der Waals surface area (Å²) < 4.78 is 16.0. The van der Waals surface area contributed by atoms with Gasteiger partial charge in [0.05, 0.1) is 16.1 Å². The summed E-state index contributed by atoms with van der Waals surface area (Å²) in [7, 11) is 0. The molecule has 0 N–H and O–H groups in total. The average molecular weight is 329 g/mol. The third-order valence-electron chi connectivity index (χ3n) is 4.55. The molecular formula is C16H19Cl2FN2. The van der Waals surface area contributed by atoms with E-state index in [1.807, 2.05) is 0 Å². The third kappa shape index (κ3) is 2.66. The van der Waals surface area contributed by atoms with Crippen molar-refractivity contribution in [1.82, 2.24) is 9.55 Å². The number of nitrogens with zero attached hydrogens (tertiary/aromatic N) is 2. The number of aryl methyl sites for hydroxylation is 1. The summed E-state index contributed by atoms with van der Waals surface area (Å²) in [5.74, 6) is 1.03. The molecule has 0 bridgehead atoms. The summed E-state index contributed by atoms with van der Waals surface area (Å²) in [6.07, 6.45) is 6.62. The van der Waals surface area contributed by atoms with Crippen molar-refractivity contribution in [2.45, 2.75) is 51.0 Å². The van der Waals surface area contributed by atoms with Crippen LogP contribution in [-0.2, 0) is 12.0 Å². The Morgan fingerprint density at radius 3 is 2.67 bits per heavy atom. The van der Waals surface area contributed by atoms with Crippen molar-refractivity contribution < 1.29 is 4.39 Å². The Balaban J connectivity index is 2.22. The van der Waals surface area contributed by atoms with Crippen LogP contribution in [0.3, 0.4) is 0 Å². The molecule has 0 aliphatic heterocycles. The largest absolute Gasteiger partial charge is 0.322 e. The summed E-state index contributed by atoms with van der Waals surface area (Å²) in [5.41, 5.74) is 1.62. The minimum absolute atomic E-state index is 0.0234. The molecule has 5 heteroatoms. The summed E-state index contributed by atoms with van der Waals surface area (Å²) >= 11 is 11.9. The summed E-state index contributed by atoms with van der Waals surface area (Å²) in [6, 6.07) is 3.13. The highest BCUT2D eigenvalue weighted by atomic mass is 35.5. The van der Waals surface area contributed by atoms with Gasteiger partial charge in [-0.3, -0.25) is 0 Å². The lowest BCUT2D eigenvalue weighted by molar-refractivity contribution is 0.219. The monoisotopic (exact) mass is 328 g/mol. The van der Waals surface area contributed by atoms with Crippen molar-refractivity contribution in [2.75, 3.05) is 5.88 Å². The first-order chi connectivity index (χ1) is 10.0. The van der Waals surface area contributed by atoms with Gasteiger partial charge in [0.2, 0.25) is 0 Å². The van der Waals surface area contributed by atoms with E-state index in [0.29, 0.717) is 17.8 Å². The second kappa shape index (κ2) is 5.77. The van der Waals surface area contributed by atoms with E-state index >= 15 is 0 Å². The van der Waals surface area contributed by atoms with Crippen LogP contribution in [0.4, 0.5) is 4.39 Å². The van der Waals surface area contributed by atoms with Gasteiger partial charge in [-0.1, -0.05) is 30.9 Å². The van der Waals surface area contributed by atoms with Crippen LogP contribution in [0.25, 0.3) is 11.0 Å². The van der Waals surface area contributed by atoms with E-state index in [-0.39, 0.29) is 10.6 Å². The highest BCUT2D eigenvalue weighted by molar-refractivity contribution is 6.31. The van der Waals surface area contributed by atoms with Crippen LogP contribution >= 0.6 is 23.2 Å². The fourth-order valence-corrected chi connectivity index (χ4v) is 3.84. The first-order valence-corrected chi connectivity index (χ1v) is 8.39. The van der Waals surface area contributed by atoms with Crippen molar-refractivity contribution in [3.63, 3.8) is 0 Å². The van der Waals surface area contributed by atoms with Gasteiger partial charge < -0.3 is 4.57 Å². The molecule has 2 aromatic rings. The third-order valence-corrected chi connectivity index (χ3v) is 5.03. The molecule has 1 fully saturated rings. The average Bonchev–Trinajstić information content (AvgIpc) is 2.78.